The first-order chi connectivity index (χ1) is 12.1. The van der Waals surface area contributed by atoms with Gasteiger partial charge in [0, 0.05) is 26.2 Å². The predicted molar refractivity (Wildman–Crippen MR) is 101 cm³/mol. The standard InChI is InChI=1S/C19H22ClN3O2/c1-14-5-2-3-8-17(14)25-13-18(24)22-9-11-23(12-10-22)19-15(20)6-4-7-16(19)21/h2-8H,9-13,21H2,1H3. The number of piperazine rings is 1. The van der Waals surface area contributed by atoms with Gasteiger partial charge in [-0.15, -0.1) is 0 Å². The van der Waals surface area contributed by atoms with Gasteiger partial charge >= 0.3 is 0 Å². The summed E-state index contributed by atoms with van der Waals surface area (Å²) in [6, 6.07) is 13.2. The molecule has 2 N–H and O–H groups in total. The van der Waals surface area contributed by atoms with Crippen molar-refractivity contribution in [2.24, 2.45) is 0 Å². The Morgan fingerprint density at radius 2 is 1.84 bits per heavy atom. The summed E-state index contributed by atoms with van der Waals surface area (Å²) < 4.78 is 5.66. The van der Waals surface area contributed by atoms with Crippen LogP contribution < -0.4 is 15.4 Å². The fourth-order valence-electron chi connectivity index (χ4n) is 2.99. The van der Waals surface area contributed by atoms with Crippen LogP contribution in [0.3, 0.4) is 0 Å². The first kappa shape index (κ1) is 17.4. The number of nitrogens with zero attached hydrogens (tertiary/aromatic N) is 2. The molecule has 0 aliphatic carbocycles. The molecule has 0 spiro atoms. The lowest BCUT2D eigenvalue weighted by Crippen LogP contribution is -2.50. The molecule has 1 heterocycles. The lowest BCUT2D eigenvalue weighted by molar-refractivity contribution is -0.133. The largest absolute Gasteiger partial charge is 0.484 e. The molecule has 2 aromatic rings. The zero-order valence-electron chi connectivity index (χ0n) is 14.2. The molecule has 0 radical (unpaired) electrons. The van der Waals surface area contributed by atoms with E-state index >= 15 is 0 Å². The van der Waals surface area contributed by atoms with Crippen LogP contribution in [-0.2, 0) is 4.79 Å². The Morgan fingerprint density at radius 3 is 2.52 bits per heavy atom. The lowest BCUT2D eigenvalue weighted by Gasteiger charge is -2.37. The maximum atomic E-state index is 12.4. The van der Waals surface area contributed by atoms with Gasteiger partial charge in [-0.3, -0.25) is 4.79 Å². The zero-order valence-corrected chi connectivity index (χ0v) is 15.0. The van der Waals surface area contributed by atoms with Crippen molar-refractivity contribution >= 4 is 28.9 Å². The summed E-state index contributed by atoms with van der Waals surface area (Å²) in [6.07, 6.45) is 0. The van der Waals surface area contributed by atoms with E-state index < -0.39 is 0 Å². The maximum Gasteiger partial charge on any atom is 0.260 e. The molecule has 5 nitrogen and oxygen atoms in total. The minimum Gasteiger partial charge on any atom is -0.484 e. The summed E-state index contributed by atoms with van der Waals surface area (Å²) in [4.78, 5) is 16.3. The number of carbonyl (C=O) groups is 1. The minimum atomic E-state index is -0.00460. The maximum absolute atomic E-state index is 12.4. The third-order valence-corrected chi connectivity index (χ3v) is 4.72. The molecule has 6 heteroatoms. The van der Waals surface area contributed by atoms with E-state index in [1.807, 2.05) is 54.3 Å². The van der Waals surface area contributed by atoms with Crippen molar-refractivity contribution in [3.63, 3.8) is 0 Å². The van der Waals surface area contributed by atoms with Crippen molar-refractivity contribution in [3.8, 4) is 5.75 Å². The van der Waals surface area contributed by atoms with Crippen molar-refractivity contribution in [1.82, 2.24) is 4.90 Å². The van der Waals surface area contributed by atoms with Gasteiger partial charge < -0.3 is 20.3 Å². The number of amides is 1. The van der Waals surface area contributed by atoms with Gasteiger partial charge in [-0.2, -0.15) is 0 Å². The fraction of sp³-hybridized carbons (Fsp3) is 0.316. The number of para-hydroxylation sites is 2. The molecule has 25 heavy (non-hydrogen) atoms. The Kier molecular flexibility index (Phi) is 5.34. The van der Waals surface area contributed by atoms with Crippen LogP contribution >= 0.6 is 11.6 Å². The molecule has 1 aliphatic heterocycles. The van der Waals surface area contributed by atoms with Gasteiger partial charge in [-0.05, 0) is 30.7 Å². The minimum absolute atomic E-state index is 0.00460. The van der Waals surface area contributed by atoms with E-state index in [4.69, 9.17) is 22.1 Å². The molecule has 0 aromatic heterocycles. The number of hydrogen-bond acceptors (Lipinski definition) is 4. The highest BCUT2D eigenvalue weighted by Gasteiger charge is 2.23. The Morgan fingerprint density at radius 1 is 1.12 bits per heavy atom. The van der Waals surface area contributed by atoms with Crippen LogP contribution in [0, 0.1) is 6.92 Å². The number of nitrogens with two attached hydrogens (primary N) is 1. The molecule has 0 unspecified atom stereocenters. The summed E-state index contributed by atoms with van der Waals surface area (Å²) in [5, 5.41) is 0.641. The van der Waals surface area contributed by atoms with Crippen molar-refractivity contribution < 1.29 is 9.53 Å². The van der Waals surface area contributed by atoms with Gasteiger partial charge in [0.2, 0.25) is 0 Å². The van der Waals surface area contributed by atoms with Gasteiger partial charge in [0.25, 0.3) is 5.91 Å². The van der Waals surface area contributed by atoms with Crippen molar-refractivity contribution in [1.29, 1.82) is 0 Å². The number of benzene rings is 2. The molecule has 1 aliphatic rings. The highest BCUT2D eigenvalue weighted by molar-refractivity contribution is 6.34. The van der Waals surface area contributed by atoms with Crippen molar-refractivity contribution in [3.05, 3.63) is 53.1 Å². The van der Waals surface area contributed by atoms with Crippen LogP contribution in [0.1, 0.15) is 5.56 Å². The topological polar surface area (TPSA) is 58.8 Å². The van der Waals surface area contributed by atoms with E-state index in [0.29, 0.717) is 36.9 Å². The molecule has 3 rings (SSSR count). The number of ether oxygens (including phenoxy) is 1. The lowest BCUT2D eigenvalue weighted by atomic mass is 10.2. The summed E-state index contributed by atoms with van der Waals surface area (Å²) in [5.41, 5.74) is 8.59. The van der Waals surface area contributed by atoms with Crippen LogP contribution in [-0.4, -0.2) is 43.6 Å². The van der Waals surface area contributed by atoms with E-state index in [-0.39, 0.29) is 12.5 Å². The summed E-state index contributed by atoms with van der Waals surface area (Å²) >= 11 is 6.27. The molecule has 1 amide bonds. The number of rotatable bonds is 4. The third kappa shape index (κ3) is 3.99. The second kappa shape index (κ2) is 7.66. The zero-order chi connectivity index (χ0) is 17.8. The number of anilines is 2. The van der Waals surface area contributed by atoms with Gasteiger partial charge in [0.05, 0.1) is 16.4 Å². The van der Waals surface area contributed by atoms with Crippen LogP contribution in [0.2, 0.25) is 5.02 Å². The number of hydrogen-bond donors (Lipinski definition) is 1. The van der Waals surface area contributed by atoms with Gasteiger partial charge in [0.15, 0.2) is 6.61 Å². The van der Waals surface area contributed by atoms with Gasteiger partial charge in [0.1, 0.15) is 5.75 Å². The van der Waals surface area contributed by atoms with Crippen molar-refractivity contribution in [2.45, 2.75) is 6.92 Å². The molecular formula is C19H22ClN3O2. The molecule has 1 saturated heterocycles. The molecule has 0 bridgehead atoms. The molecule has 0 saturated carbocycles. The second-order valence-corrected chi connectivity index (χ2v) is 6.51. The van der Waals surface area contributed by atoms with Crippen molar-refractivity contribution in [2.75, 3.05) is 43.4 Å². The van der Waals surface area contributed by atoms with E-state index in [1.165, 1.54) is 0 Å². The summed E-state index contributed by atoms with van der Waals surface area (Å²) in [7, 11) is 0. The number of aryl methyl sites for hydroxylation is 1. The predicted octanol–water partition coefficient (Wildman–Crippen LogP) is 2.96. The van der Waals surface area contributed by atoms with E-state index in [1.54, 1.807) is 0 Å². The molecule has 2 aromatic carbocycles. The molecule has 0 atom stereocenters. The second-order valence-electron chi connectivity index (χ2n) is 6.10. The smallest absolute Gasteiger partial charge is 0.260 e. The normalized spacial score (nSPS) is 14.5. The fourth-order valence-corrected chi connectivity index (χ4v) is 3.30. The average molecular weight is 360 g/mol. The molecular weight excluding hydrogens is 338 g/mol. The number of nitrogen functional groups attached to an aromatic ring is 1. The first-order valence-corrected chi connectivity index (χ1v) is 8.69. The summed E-state index contributed by atoms with van der Waals surface area (Å²) in [6.45, 7) is 4.67. The van der Waals surface area contributed by atoms with Gasteiger partial charge in [-0.25, -0.2) is 0 Å². The molecule has 132 valence electrons. The van der Waals surface area contributed by atoms with E-state index in [2.05, 4.69) is 4.90 Å². The number of carbonyl (C=O) groups excluding carboxylic acids is 1. The SMILES string of the molecule is Cc1ccccc1OCC(=O)N1CCN(c2c(N)cccc2Cl)CC1. The monoisotopic (exact) mass is 359 g/mol. The average Bonchev–Trinajstić information content (AvgIpc) is 2.61. The Bertz CT molecular complexity index is 738. The first-order valence-electron chi connectivity index (χ1n) is 8.31. The van der Waals surface area contributed by atoms with Gasteiger partial charge in [-0.1, -0.05) is 35.9 Å². The van der Waals surface area contributed by atoms with E-state index in [0.717, 1.165) is 17.0 Å². The highest BCUT2D eigenvalue weighted by Crippen LogP contribution is 2.32. The van der Waals surface area contributed by atoms with Crippen LogP contribution in [0.25, 0.3) is 0 Å². The quantitative estimate of drug-likeness (QED) is 0.853. The van der Waals surface area contributed by atoms with Crippen LogP contribution in [0.15, 0.2) is 42.5 Å². The summed E-state index contributed by atoms with van der Waals surface area (Å²) in [5.74, 6) is 0.744. The Labute approximate surface area is 152 Å². The van der Waals surface area contributed by atoms with Crippen LogP contribution in [0.4, 0.5) is 11.4 Å². The van der Waals surface area contributed by atoms with E-state index in [9.17, 15) is 4.79 Å². The molecule has 1 fully saturated rings. The highest BCUT2D eigenvalue weighted by atomic mass is 35.5. The van der Waals surface area contributed by atoms with Crippen LogP contribution in [0.5, 0.6) is 5.75 Å². The Hall–Kier alpha value is -2.40. The number of halogens is 1. The third-order valence-electron chi connectivity index (χ3n) is 4.41. The Balaban J connectivity index is 1.55.